The van der Waals surface area contributed by atoms with E-state index >= 15 is 0 Å². The van der Waals surface area contributed by atoms with Crippen LogP contribution in [0, 0.1) is 13.8 Å². The van der Waals surface area contributed by atoms with Crippen LogP contribution in [0.25, 0.3) is 16.9 Å². The molecule has 6 heteroatoms. The van der Waals surface area contributed by atoms with Gasteiger partial charge in [0.25, 0.3) is 0 Å². The summed E-state index contributed by atoms with van der Waals surface area (Å²) in [5.41, 5.74) is 4.78. The lowest BCUT2D eigenvalue weighted by molar-refractivity contribution is 0.660. The van der Waals surface area contributed by atoms with E-state index < -0.39 is 0 Å². The van der Waals surface area contributed by atoms with Crippen molar-refractivity contribution in [2.75, 3.05) is 0 Å². The smallest absolute Gasteiger partial charge is 0.163 e. The van der Waals surface area contributed by atoms with Gasteiger partial charge in [-0.1, -0.05) is 17.7 Å². The topological polar surface area (TPSA) is 35.6 Å². The number of halogens is 2. The van der Waals surface area contributed by atoms with Gasteiger partial charge in [-0.2, -0.15) is 5.10 Å². The van der Waals surface area contributed by atoms with E-state index in [9.17, 15) is 0 Å². The summed E-state index contributed by atoms with van der Waals surface area (Å²) in [7, 11) is 0. The number of alkyl halides is 1. The lowest BCUT2D eigenvalue weighted by atomic mass is 10.2. The molecule has 0 radical (unpaired) electrons. The molecular weight excluding hydrogens is 307 g/mol. The fraction of sp³-hybridized carbons (Fsp3) is 0.333. The third-order valence-electron chi connectivity index (χ3n) is 3.68. The molecule has 0 amide bonds. The standard InChI is InChI=1S/C15H16Cl2N4/c1-4-20-15-14(10(3)19-20)18-13(8-16)21(15)12-7-5-6-11(17)9(12)2/h5-7H,4,8H2,1-3H3. The van der Waals surface area contributed by atoms with Gasteiger partial charge in [0.05, 0.1) is 17.3 Å². The van der Waals surface area contributed by atoms with E-state index in [0.29, 0.717) is 5.88 Å². The normalized spacial score (nSPS) is 11.5. The molecule has 0 saturated heterocycles. The maximum absolute atomic E-state index is 6.27. The fourth-order valence-electron chi connectivity index (χ4n) is 2.61. The Morgan fingerprint density at radius 1 is 1.24 bits per heavy atom. The average Bonchev–Trinajstić information content (AvgIpc) is 3.00. The summed E-state index contributed by atoms with van der Waals surface area (Å²) in [5.74, 6) is 1.14. The van der Waals surface area contributed by atoms with Gasteiger partial charge in [0.1, 0.15) is 11.3 Å². The van der Waals surface area contributed by atoms with Crippen molar-refractivity contribution in [2.45, 2.75) is 33.2 Å². The van der Waals surface area contributed by atoms with Crippen LogP contribution in [0.3, 0.4) is 0 Å². The third-order valence-corrected chi connectivity index (χ3v) is 4.33. The van der Waals surface area contributed by atoms with Crippen LogP contribution >= 0.6 is 23.2 Å². The molecule has 0 atom stereocenters. The van der Waals surface area contributed by atoms with Gasteiger partial charge in [-0.15, -0.1) is 11.6 Å². The molecule has 0 spiro atoms. The molecule has 4 nitrogen and oxygen atoms in total. The SMILES string of the molecule is CCn1nc(C)c2nc(CCl)n(-c3cccc(Cl)c3C)c21. The van der Waals surface area contributed by atoms with Gasteiger partial charge in [-0.05, 0) is 38.5 Å². The molecule has 110 valence electrons. The Labute approximate surface area is 133 Å². The highest BCUT2D eigenvalue weighted by molar-refractivity contribution is 6.31. The van der Waals surface area contributed by atoms with Crippen molar-refractivity contribution in [3.05, 3.63) is 40.3 Å². The summed E-state index contributed by atoms with van der Waals surface area (Å²) in [6.07, 6.45) is 0. The number of hydrogen-bond acceptors (Lipinski definition) is 2. The molecule has 21 heavy (non-hydrogen) atoms. The molecule has 0 aliphatic heterocycles. The first-order chi connectivity index (χ1) is 10.1. The van der Waals surface area contributed by atoms with Crippen molar-refractivity contribution in [1.29, 1.82) is 0 Å². The summed E-state index contributed by atoms with van der Waals surface area (Å²) in [5, 5.41) is 5.27. The second-order valence-electron chi connectivity index (χ2n) is 4.95. The number of aromatic nitrogens is 4. The van der Waals surface area contributed by atoms with E-state index in [2.05, 4.69) is 21.6 Å². The molecule has 2 aromatic heterocycles. The molecule has 2 heterocycles. The monoisotopic (exact) mass is 322 g/mol. The van der Waals surface area contributed by atoms with E-state index in [4.69, 9.17) is 23.2 Å². The van der Waals surface area contributed by atoms with Gasteiger partial charge < -0.3 is 0 Å². The highest BCUT2D eigenvalue weighted by atomic mass is 35.5. The molecule has 0 aliphatic rings. The molecule has 0 saturated carbocycles. The molecule has 0 aliphatic carbocycles. The maximum atomic E-state index is 6.27. The zero-order valence-corrected chi connectivity index (χ0v) is 13.7. The predicted octanol–water partition coefficient (Wildman–Crippen LogP) is 4.25. The lowest BCUT2D eigenvalue weighted by Gasteiger charge is -2.13. The molecular formula is C15H16Cl2N4. The summed E-state index contributed by atoms with van der Waals surface area (Å²) < 4.78 is 4.01. The quantitative estimate of drug-likeness (QED) is 0.676. The lowest BCUT2D eigenvalue weighted by Crippen LogP contribution is -2.07. The highest BCUT2D eigenvalue weighted by Crippen LogP contribution is 2.29. The van der Waals surface area contributed by atoms with Crippen LogP contribution in [0.4, 0.5) is 0 Å². The fourth-order valence-corrected chi connectivity index (χ4v) is 2.96. The average molecular weight is 323 g/mol. The first kappa shape index (κ1) is 14.4. The molecule has 0 bridgehead atoms. The third kappa shape index (κ3) is 2.14. The zero-order chi connectivity index (χ0) is 15.1. The van der Waals surface area contributed by atoms with Gasteiger partial charge >= 0.3 is 0 Å². The molecule has 0 unspecified atom stereocenters. The van der Waals surface area contributed by atoms with Crippen molar-refractivity contribution in [2.24, 2.45) is 0 Å². The maximum Gasteiger partial charge on any atom is 0.163 e. The summed E-state index contributed by atoms with van der Waals surface area (Å²) in [6, 6.07) is 5.85. The van der Waals surface area contributed by atoms with E-state index in [1.807, 2.05) is 36.7 Å². The van der Waals surface area contributed by atoms with Gasteiger partial charge in [-0.3, -0.25) is 4.57 Å². The van der Waals surface area contributed by atoms with Crippen molar-refractivity contribution in [3.8, 4) is 5.69 Å². The van der Waals surface area contributed by atoms with Crippen molar-refractivity contribution >= 4 is 34.4 Å². The molecule has 3 rings (SSSR count). The number of benzene rings is 1. The summed E-state index contributed by atoms with van der Waals surface area (Å²) in [4.78, 5) is 4.65. The van der Waals surface area contributed by atoms with Gasteiger partial charge in [0.2, 0.25) is 0 Å². The van der Waals surface area contributed by atoms with Crippen LogP contribution < -0.4 is 0 Å². The number of hydrogen-bond donors (Lipinski definition) is 0. The van der Waals surface area contributed by atoms with Crippen molar-refractivity contribution in [1.82, 2.24) is 19.3 Å². The summed E-state index contributed by atoms with van der Waals surface area (Å²) in [6.45, 7) is 6.81. The number of aryl methyl sites for hydroxylation is 2. The number of fused-ring (bicyclic) bond motifs is 1. The molecule has 1 aromatic carbocycles. The molecule has 0 fully saturated rings. The molecule has 3 aromatic rings. The minimum absolute atomic E-state index is 0.337. The van der Waals surface area contributed by atoms with E-state index in [1.54, 1.807) is 0 Å². The number of rotatable bonds is 3. The van der Waals surface area contributed by atoms with Gasteiger partial charge in [0.15, 0.2) is 5.65 Å². The first-order valence-corrected chi connectivity index (χ1v) is 7.75. The summed E-state index contributed by atoms with van der Waals surface area (Å²) >= 11 is 12.4. The van der Waals surface area contributed by atoms with Crippen LogP contribution in [0.15, 0.2) is 18.2 Å². The van der Waals surface area contributed by atoms with E-state index in [0.717, 1.165) is 45.5 Å². The Kier molecular flexibility index (Phi) is 3.68. The molecule has 0 N–H and O–H groups in total. The van der Waals surface area contributed by atoms with Gasteiger partial charge in [0, 0.05) is 11.6 Å². The first-order valence-electron chi connectivity index (χ1n) is 6.84. The van der Waals surface area contributed by atoms with E-state index in [1.165, 1.54) is 0 Å². The Balaban J connectivity index is 2.42. The van der Waals surface area contributed by atoms with Crippen LogP contribution in [0.2, 0.25) is 5.02 Å². The Morgan fingerprint density at radius 2 is 2.00 bits per heavy atom. The number of imidazole rings is 1. The minimum Gasteiger partial charge on any atom is -0.280 e. The van der Waals surface area contributed by atoms with Crippen LogP contribution in [0.1, 0.15) is 24.0 Å². The zero-order valence-electron chi connectivity index (χ0n) is 12.2. The van der Waals surface area contributed by atoms with Crippen molar-refractivity contribution in [3.63, 3.8) is 0 Å². The van der Waals surface area contributed by atoms with E-state index in [-0.39, 0.29) is 0 Å². The van der Waals surface area contributed by atoms with Crippen molar-refractivity contribution < 1.29 is 0 Å². The Bertz CT molecular complexity index is 817. The second-order valence-corrected chi connectivity index (χ2v) is 5.63. The number of nitrogens with zero attached hydrogens (tertiary/aromatic N) is 4. The van der Waals surface area contributed by atoms with Gasteiger partial charge in [-0.25, -0.2) is 9.67 Å². The largest absolute Gasteiger partial charge is 0.280 e. The highest BCUT2D eigenvalue weighted by Gasteiger charge is 2.20. The predicted molar refractivity (Wildman–Crippen MR) is 86.6 cm³/mol. The van der Waals surface area contributed by atoms with Crippen LogP contribution in [0.5, 0.6) is 0 Å². The Hall–Kier alpha value is -1.52. The minimum atomic E-state index is 0.337. The Morgan fingerprint density at radius 3 is 2.67 bits per heavy atom. The second kappa shape index (κ2) is 5.35. The van der Waals surface area contributed by atoms with Crippen LogP contribution in [-0.2, 0) is 12.4 Å². The van der Waals surface area contributed by atoms with Crippen LogP contribution in [-0.4, -0.2) is 19.3 Å².